The van der Waals surface area contributed by atoms with Crippen molar-refractivity contribution in [3.05, 3.63) is 70.5 Å². The van der Waals surface area contributed by atoms with Crippen LogP contribution in [0.25, 0.3) is 5.57 Å². The molecule has 1 aliphatic rings. The normalized spacial score (nSPS) is 16.3. The Balaban J connectivity index is 1.88. The van der Waals surface area contributed by atoms with Crippen LogP contribution in [0.1, 0.15) is 17.5 Å². The van der Waals surface area contributed by atoms with E-state index in [1.54, 1.807) is 18.2 Å². The molecule has 3 nitrogen and oxygen atoms in total. The highest BCUT2D eigenvalue weighted by Gasteiger charge is 2.34. The second-order valence-corrected chi connectivity index (χ2v) is 8.31. The Bertz CT molecular complexity index is 985. The zero-order valence-corrected chi connectivity index (χ0v) is 15.4. The van der Waals surface area contributed by atoms with Gasteiger partial charge in [-0.3, -0.25) is 0 Å². The Morgan fingerprint density at radius 3 is 2.26 bits per heavy atom. The largest absolute Gasteiger partial charge is 0.416 e. The van der Waals surface area contributed by atoms with E-state index in [-0.39, 0.29) is 23.9 Å². The predicted octanol–water partition coefficient (Wildman–Crippen LogP) is 4.98. The molecule has 0 aromatic heterocycles. The lowest BCUT2D eigenvalue weighted by atomic mass is 10.0. The summed E-state index contributed by atoms with van der Waals surface area (Å²) in [5, 5.41) is -0.267. The van der Waals surface area contributed by atoms with Gasteiger partial charge in [-0.15, -0.1) is 0 Å². The average molecular weight is 420 g/mol. The van der Waals surface area contributed by atoms with Crippen molar-refractivity contribution in [3.63, 3.8) is 0 Å². The molecule has 0 radical (unpaired) electrons. The van der Waals surface area contributed by atoms with Gasteiger partial charge in [0, 0.05) is 13.1 Å². The summed E-state index contributed by atoms with van der Waals surface area (Å²) in [6, 6.07) is 8.02. The Morgan fingerprint density at radius 1 is 1.04 bits per heavy atom. The molecular weight excluding hydrogens is 406 g/mol. The summed E-state index contributed by atoms with van der Waals surface area (Å²) in [6.45, 7) is 0.0692. The van der Waals surface area contributed by atoms with E-state index in [4.69, 9.17) is 11.6 Å². The standard InChI is InChI=1S/C18H14ClF4NO2S/c19-16-6-3-14(18(21,22)23)11-17(16)27(25,26)24-9-7-13(8-10-24)12-1-4-15(20)5-2-12/h1-7,11H,8-10H2. The van der Waals surface area contributed by atoms with E-state index >= 15 is 0 Å². The molecule has 1 heterocycles. The van der Waals surface area contributed by atoms with E-state index in [2.05, 4.69) is 0 Å². The summed E-state index contributed by atoms with van der Waals surface area (Å²) < 4.78 is 78.4. The molecule has 144 valence electrons. The Morgan fingerprint density at radius 2 is 1.70 bits per heavy atom. The molecule has 27 heavy (non-hydrogen) atoms. The van der Waals surface area contributed by atoms with Gasteiger partial charge in [-0.05, 0) is 47.9 Å². The molecule has 0 bridgehead atoms. The second-order valence-electron chi connectivity index (χ2n) is 5.99. The first-order chi connectivity index (χ1) is 12.6. The van der Waals surface area contributed by atoms with Crippen molar-refractivity contribution in [1.29, 1.82) is 0 Å². The number of alkyl halides is 3. The molecule has 0 N–H and O–H groups in total. The first-order valence-corrected chi connectivity index (χ1v) is 9.73. The van der Waals surface area contributed by atoms with Crippen molar-refractivity contribution >= 4 is 27.2 Å². The van der Waals surface area contributed by atoms with Crippen LogP contribution in [0.5, 0.6) is 0 Å². The topological polar surface area (TPSA) is 37.4 Å². The minimum absolute atomic E-state index is 0.0123. The summed E-state index contributed by atoms with van der Waals surface area (Å²) in [6.07, 6.45) is -2.66. The lowest BCUT2D eigenvalue weighted by molar-refractivity contribution is -0.137. The monoisotopic (exact) mass is 419 g/mol. The maximum Gasteiger partial charge on any atom is 0.416 e. The fraction of sp³-hybridized carbons (Fsp3) is 0.222. The molecule has 1 aliphatic heterocycles. The number of halogens is 5. The number of benzene rings is 2. The van der Waals surface area contributed by atoms with Gasteiger partial charge in [0.05, 0.1) is 10.6 Å². The van der Waals surface area contributed by atoms with Crippen LogP contribution in [-0.2, 0) is 16.2 Å². The van der Waals surface area contributed by atoms with E-state index < -0.39 is 26.7 Å². The van der Waals surface area contributed by atoms with Crippen molar-refractivity contribution in [1.82, 2.24) is 4.31 Å². The van der Waals surface area contributed by atoms with Crippen molar-refractivity contribution in [2.24, 2.45) is 0 Å². The molecule has 0 spiro atoms. The summed E-state index contributed by atoms with van der Waals surface area (Å²) in [7, 11) is -4.19. The van der Waals surface area contributed by atoms with Crippen molar-refractivity contribution < 1.29 is 26.0 Å². The molecule has 2 aromatic carbocycles. The van der Waals surface area contributed by atoms with Crippen LogP contribution in [0.15, 0.2) is 53.4 Å². The van der Waals surface area contributed by atoms with Gasteiger partial charge in [0.2, 0.25) is 10.0 Å². The minimum Gasteiger partial charge on any atom is -0.207 e. The lowest BCUT2D eigenvalue weighted by Crippen LogP contribution is -2.35. The molecule has 0 saturated heterocycles. The van der Waals surface area contributed by atoms with Gasteiger partial charge in [-0.1, -0.05) is 29.8 Å². The maximum absolute atomic E-state index is 13.0. The van der Waals surface area contributed by atoms with Gasteiger partial charge in [-0.25, -0.2) is 12.8 Å². The maximum atomic E-state index is 13.0. The summed E-state index contributed by atoms with van der Waals surface area (Å²) in [4.78, 5) is -0.572. The molecular formula is C18H14ClF4NO2S. The van der Waals surface area contributed by atoms with E-state index in [0.29, 0.717) is 12.5 Å². The number of sulfonamides is 1. The van der Waals surface area contributed by atoms with Crippen LogP contribution in [0.3, 0.4) is 0 Å². The molecule has 0 fully saturated rings. The van der Waals surface area contributed by atoms with Gasteiger partial charge in [0.15, 0.2) is 0 Å². The van der Waals surface area contributed by atoms with E-state index in [1.807, 2.05) is 0 Å². The van der Waals surface area contributed by atoms with Gasteiger partial charge < -0.3 is 0 Å². The quantitative estimate of drug-likeness (QED) is 0.658. The van der Waals surface area contributed by atoms with Gasteiger partial charge >= 0.3 is 6.18 Å². The molecule has 0 atom stereocenters. The summed E-state index contributed by atoms with van der Waals surface area (Å²) in [5.74, 6) is -0.376. The Hall–Kier alpha value is -1.90. The highest BCUT2D eigenvalue weighted by molar-refractivity contribution is 7.89. The van der Waals surface area contributed by atoms with Gasteiger partial charge in [0.25, 0.3) is 0 Å². The van der Waals surface area contributed by atoms with Gasteiger partial charge in [0.1, 0.15) is 10.7 Å². The molecule has 3 rings (SSSR count). The number of hydrogen-bond acceptors (Lipinski definition) is 2. The summed E-state index contributed by atoms with van der Waals surface area (Å²) >= 11 is 5.87. The first kappa shape index (κ1) is 19.9. The molecule has 2 aromatic rings. The number of nitrogens with zero attached hydrogens (tertiary/aromatic N) is 1. The average Bonchev–Trinajstić information content (AvgIpc) is 2.61. The Kier molecular flexibility index (Phi) is 5.33. The zero-order chi connectivity index (χ0) is 19.8. The molecule has 0 saturated carbocycles. The highest BCUT2D eigenvalue weighted by atomic mass is 35.5. The lowest BCUT2D eigenvalue weighted by Gasteiger charge is -2.26. The van der Waals surface area contributed by atoms with Crippen molar-refractivity contribution in [2.45, 2.75) is 17.5 Å². The third kappa shape index (κ3) is 4.17. The van der Waals surface area contributed by atoms with Crippen LogP contribution in [0, 0.1) is 5.82 Å². The predicted molar refractivity (Wildman–Crippen MR) is 94.2 cm³/mol. The summed E-state index contributed by atoms with van der Waals surface area (Å²) in [5.41, 5.74) is 0.534. The fourth-order valence-electron chi connectivity index (χ4n) is 2.81. The fourth-order valence-corrected chi connectivity index (χ4v) is 4.69. The molecule has 9 heteroatoms. The van der Waals surface area contributed by atoms with E-state index in [1.165, 1.54) is 12.1 Å². The van der Waals surface area contributed by atoms with Crippen LogP contribution in [0.2, 0.25) is 5.02 Å². The van der Waals surface area contributed by atoms with Crippen molar-refractivity contribution in [3.8, 4) is 0 Å². The van der Waals surface area contributed by atoms with Crippen molar-refractivity contribution in [2.75, 3.05) is 13.1 Å². The molecule has 0 aliphatic carbocycles. The number of hydrogen-bond donors (Lipinski definition) is 0. The van der Waals surface area contributed by atoms with E-state index in [9.17, 15) is 26.0 Å². The van der Waals surface area contributed by atoms with Crippen LogP contribution in [0.4, 0.5) is 17.6 Å². The smallest absolute Gasteiger partial charge is 0.207 e. The first-order valence-electron chi connectivity index (χ1n) is 7.91. The molecule has 0 unspecified atom stereocenters. The van der Waals surface area contributed by atoms with Crippen LogP contribution in [-0.4, -0.2) is 25.8 Å². The van der Waals surface area contributed by atoms with E-state index in [0.717, 1.165) is 27.6 Å². The Labute approximate surface area is 158 Å². The van der Waals surface area contributed by atoms with Crippen LogP contribution < -0.4 is 0 Å². The third-order valence-electron chi connectivity index (χ3n) is 4.26. The molecule has 0 amide bonds. The van der Waals surface area contributed by atoms with Crippen LogP contribution >= 0.6 is 11.6 Å². The van der Waals surface area contributed by atoms with Gasteiger partial charge in [-0.2, -0.15) is 17.5 Å². The number of rotatable bonds is 3. The highest BCUT2D eigenvalue weighted by Crippen LogP contribution is 2.35. The third-order valence-corrected chi connectivity index (χ3v) is 6.61. The second kappa shape index (κ2) is 7.26. The zero-order valence-electron chi connectivity index (χ0n) is 13.8. The SMILES string of the molecule is O=S(=O)(c1cc(C(F)(F)F)ccc1Cl)N1CC=C(c2ccc(F)cc2)CC1. The minimum atomic E-state index is -4.67.